The zero-order valence-corrected chi connectivity index (χ0v) is 12.5. The summed E-state index contributed by atoms with van der Waals surface area (Å²) in [6, 6.07) is 13.9. The van der Waals surface area contributed by atoms with Crippen molar-refractivity contribution in [2.75, 3.05) is 0 Å². The minimum Gasteiger partial charge on any atom is -0.478 e. The first-order valence-electron chi connectivity index (χ1n) is 7.31. The Balaban J connectivity index is 2.30. The van der Waals surface area contributed by atoms with E-state index in [9.17, 15) is 9.59 Å². The predicted octanol–water partition coefficient (Wildman–Crippen LogP) is 3.44. The molecule has 0 spiro atoms. The summed E-state index contributed by atoms with van der Waals surface area (Å²) in [5.74, 6) is -1.53. The lowest BCUT2D eigenvalue weighted by molar-refractivity contribution is -0.131. The van der Waals surface area contributed by atoms with Gasteiger partial charge in [0.1, 0.15) is 0 Å². The number of carbonyl (C=O) groups excluding carboxylic acids is 1. The van der Waals surface area contributed by atoms with Gasteiger partial charge >= 0.3 is 5.97 Å². The van der Waals surface area contributed by atoms with Gasteiger partial charge in [-0.15, -0.1) is 0 Å². The van der Waals surface area contributed by atoms with Gasteiger partial charge in [0.05, 0.1) is 6.04 Å². The number of hydrogen-bond donors (Lipinski definition) is 2. The number of benzene rings is 2. The van der Waals surface area contributed by atoms with Gasteiger partial charge in [0, 0.05) is 12.2 Å². The molecule has 0 saturated carbocycles. The van der Waals surface area contributed by atoms with Crippen LogP contribution in [0.2, 0.25) is 0 Å². The Bertz CT molecular complexity index is 701. The Morgan fingerprint density at radius 1 is 1.14 bits per heavy atom. The molecule has 0 saturated heterocycles. The van der Waals surface area contributed by atoms with Crippen molar-refractivity contribution in [3.8, 4) is 0 Å². The van der Waals surface area contributed by atoms with Crippen LogP contribution in [0.5, 0.6) is 0 Å². The third-order valence-electron chi connectivity index (χ3n) is 3.47. The van der Waals surface area contributed by atoms with Gasteiger partial charge in [-0.25, -0.2) is 4.79 Å². The molecule has 4 heteroatoms. The third kappa shape index (κ3) is 3.95. The Hall–Kier alpha value is -2.62. The molecule has 0 aromatic heterocycles. The molecule has 22 heavy (non-hydrogen) atoms. The fraction of sp³-hybridized carbons (Fsp3) is 0.222. The fourth-order valence-corrected chi connectivity index (χ4v) is 2.52. The second kappa shape index (κ2) is 7.41. The number of nitrogens with one attached hydrogen (secondary N) is 1. The molecule has 114 valence electrons. The van der Waals surface area contributed by atoms with Gasteiger partial charge in [0.15, 0.2) is 0 Å². The molecule has 0 bridgehead atoms. The van der Waals surface area contributed by atoms with Gasteiger partial charge < -0.3 is 10.4 Å². The maximum absolute atomic E-state index is 11.9. The molecule has 1 atom stereocenters. The number of carboxylic acid groups (broad SMARTS) is 1. The van der Waals surface area contributed by atoms with Crippen molar-refractivity contribution < 1.29 is 14.7 Å². The van der Waals surface area contributed by atoms with E-state index in [-0.39, 0.29) is 6.04 Å². The molecule has 2 aromatic carbocycles. The highest BCUT2D eigenvalue weighted by molar-refractivity contribution is 5.94. The molecule has 2 aromatic rings. The van der Waals surface area contributed by atoms with E-state index in [4.69, 9.17) is 5.11 Å². The van der Waals surface area contributed by atoms with Crippen LogP contribution < -0.4 is 5.32 Å². The van der Waals surface area contributed by atoms with E-state index < -0.39 is 11.9 Å². The van der Waals surface area contributed by atoms with Crippen molar-refractivity contribution >= 4 is 22.6 Å². The lowest BCUT2D eigenvalue weighted by Crippen LogP contribution is -2.27. The van der Waals surface area contributed by atoms with E-state index in [0.717, 1.165) is 41.3 Å². The first kappa shape index (κ1) is 15.8. The zero-order valence-electron chi connectivity index (χ0n) is 12.5. The molecule has 1 amide bonds. The summed E-state index contributed by atoms with van der Waals surface area (Å²) in [6.07, 6.45) is 3.61. The molecule has 4 nitrogen and oxygen atoms in total. The second-order valence-electron chi connectivity index (χ2n) is 5.09. The SMILES string of the molecule is CCCC(NC(=O)/C=C\C(=O)O)c1cccc2ccccc12. The molecule has 0 aliphatic rings. The standard InChI is InChI=1S/C18H19NO3/c1-2-6-16(19-17(20)11-12-18(21)22)15-10-5-8-13-7-3-4-9-14(13)15/h3-5,7-12,16H,2,6H2,1H3,(H,19,20)(H,21,22)/b12-11-. The highest BCUT2D eigenvalue weighted by Crippen LogP contribution is 2.27. The summed E-state index contributed by atoms with van der Waals surface area (Å²) in [7, 11) is 0. The lowest BCUT2D eigenvalue weighted by Gasteiger charge is -2.19. The molecule has 2 N–H and O–H groups in total. The monoisotopic (exact) mass is 297 g/mol. The van der Waals surface area contributed by atoms with Crippen LogP contribution in [0.3, 0.4) is 0 Å². The fourth-order valence-electron chi connectivity index (χ4n) is 2.52. The molecule has 2 rings (SSSR count). The normalized spacial score (nSPS) is 12.4. The Morgan fingerprint density at radius 2 is 1.86 bits per heavy atom. The number of rotatable bonds is 6. The highest BCUT2D eigenvalue weighted by atomic mass is 16.4. The van der Waals surface area contributed by atoms with E-state index in [1.54, 1.807) is 0 Å². The molecule has 1 unspecified atom stereocenters. The summed E-state index contributed by atoms with van der Waals surface area (Å²) < 4.78 is 0. The van der Waals surface area contributed by atoms with Crippen molar-refractivity contribution in [1.29, 1.82) is 0 Å². The number of aliphatic carboxylic acids is 1. The van der Waals surface area contributed by atoms with Crippen LogP contribution in [0, 0.1) is 0 Å². The summed E-state index contributed by atoms with van der Waals surface area (Å²) in [4.78, 5) is 22.4. The van der Waals surface area contributed by atoms with E-state index in [0.29, 0.717) is 0 Å². The van der Waals surface area contributed by atoms with Crippen LogP contribution >= 0.6 is 0 Å². The summed E-state index contributed by atoms with van der Waals surface area (Å²) in [5, 5.41) is 13.7. The van der Waals surface area contributed by atoms with Crippen molar-refractivity contribution in [2.45, 2.75) is 25.8 Å². The van der Waals surface area contributed by atoms with Crippen LogP contribution in [-0.4, -0.2) is 17.0 Å². The van der Waals surface area contributed by atoms with Gasteiger partial charge in [0.2, 0.25) is 5.91 Å². The number of carboxylic acids is 1. The van der Waals surface area contributed by atoms with E-state index in [1.807, 2.05) is 42.5 Å². The van der Waals surface area contributed by atoms with Gasteiger partial charge in [-0.1, -0.05) is 55.8 Å². The minimum atomic E-state index is -1.13. The molecule has 0 aliphatic carbocycles. The van der Waals surface area contributed by atoms with Crippen molar-refractivity contribution in [3.05, 3.63) is 60.2 Å². The Morgan fingerprint density at radius 3 is 2.59 bits per heavy atom. The van der Waals surface area contributed by atoms with Gasteiger partial charge in [-0.05, 0) is 22.8 Å². The molecule has 0 radical (unpaired) electrons. The number of carbonyl (C=O) groups is 2. The van der Waals surface area contributed by atoms with Crippen LogP contribution in [0.15, 0.2) is 54.6 Å². The summed E-state index contributed by atoms with van der Waals surface area (Å²) in [6.45, 7) is 2.05. The Kier molecular flexibility index (Phi) is 5.31. The lowest BCUT2D eigenvalue weighted by atomic mass is 9.96. The Labute approximate surface area is 129 Å². The van der Waals surface area contributed by atoms with Crippen molar-refractivity contribution in [2.24, 2.45) is 0 Å². The highest BCUT2D eigenvalue weighted by Gasteiger charge is 2.15. The molecular weight excluding hydrogens is 278 g/mol. The average molecular weight is 297 g/mol. The molecule has 0 fully saturated rings. The average Bonchev–Trinajstić information content (AvgIpc) is 2.52. The maximum Gasteiger partial charge on any atom is 0.328 e. The first-order valence-corrected chi connectivity index (χ1v) is 7.31. The first-order chi connectivity index (χ1) is 10.6. The van der Waals surface area contributed by atoms with E-state index >= 15 is 0 Å². The second-order valence-corrected chi connectivity index (χ2v) is 5.09. The summed E-state index contributed by atoms with van der Waals surface area (Å²) >= 11 is 0. The third-order valence-corrected chi connectivity index (χ3v) is 3.47. The van der Waals surface area contributed by atoms with Crippen molar-refractivity contribution in [3.63, 3.8) is 0 Å². The minimum absolute atomic E-state index is 0.137. The van der Waals surface area contributed by atoms with Crippen LogP contribution in [-0.2, 0) is 9.59 Å². The number of fused-ring (bicyclic) bond motifs is 1. The van der Waals surface area contributed by atoms with Crippen LogP contribution in [0.4, 0.5) is 0 Å². The van der Waals surface area contributed by atoms with Gasteiger partial charge in [0.25, 0.3) is 0 Å². The largest absolute Gasteiger partial charge is 0.478 e. The van der Waals surface area contributed by atoms with Gasteiger partial charge in [-0.2, -0.15) is 0 Å². The zero-order chi connectivity index (χ0) is 15.9. The predicted molar refractivity (Wildman–Crippen MR) is 86.5 cm³/mol. The molecular formula is C18H19NO3. The number of amides is 1. The molecule has 0 aliphatic heterocycles. The van der Waals surface area contributed by atoms with Gasteiger partial charge in [-0.3, -0.25) is 4.79 Å². The van der Waals surface area contributed by atoms with Crippen LogP contribution in [0.25, 0.3) is 10.8 Å². The summed E-state index contributed by atoms with van der Waals surface area (Å²) in [5.41, 5.74) is 1.05. The smallest absolute Gasteiger partial charge is 0.328 e. The van der Waals surface area contributed by atoms with E-state index in [1.165, 1.54) is 0 Å². The quantitative estimate of drug-likeness (QED) is 0.803. The van der Waals surface area contributed by atoms with Crippen LogP contribution in [0.1, 0.15) is 31.4 Å². The maximum atomic E-state index is 11.9. The topological polar surface area (TPSA) is 66.4 Å². The molecule has 0 heterocycles. The van der Waals surface area contributed by atoms with Crippen molar-refractivity contribution in [1.82, 2.24) is 5.32 Å². The van der Waals surface area contributed by atoms with E-state index in [2.05, 4.69) is 12.2 Å². The number of hydrogen-bond acceptors (Lipinski definition) is 2.